The highest BCUT2D eigenvalue weighted by Gasteiger charge is 2.49. The summed E-state index contributed by atoms with van der Waals surface area (Å²) in [5, 5.41) is 0. The van der Waals surface area contributed by atoms with E-state index in [4.69, 9.17) is 9.47 Å². The molecule has 0 aromatic carbocycles. The third-order valence-electron chi connectivity index (χ3n) is 5.53. The summed E-state index contributed by atoms with van der Waals surface area (Å²) < 4.78 is 13.6. The van der Waals surface area contributed by atoms with Gasteiger partial charge >= 0.3 is 6.01 Å². The summed E-state index contributed by atoms with van der Waals surface area (Å²) in [6.45, 7) is 4.63. The summed E-state index contributed by atoms with van der Waals surface area (Å²) in [5.41, 5.74) is 1.45. The number of nitrogens with zero attached hydrogens (tertiary/aromatic N) is 4. The third kappa shape index (κ3) is 3.83. The average molecular weight is 370 g/mol. The molecule has 4 heterocycles. The summed E-state index contributed by atoms with van der Waals surface area (Å²) in [4.78, 5) is 22.9. The first-order valence-corrected chi connectivity index (χ1v) is 9.52. The van der Waals surface area contributed by atoms with Gasteiger partial charge in [-0.3, -0.25) is 4.79 Å². The molecular formula is C20H26N4O3. The van der Waals surface area contributed by atoms with E-state index in [1.54, 1.807) is 6.20 Å². The van der Waals surface area contributed by atoms with E-state index in [0.29, 0.717) is 31.6 Å². The van der Waals surface area contributed by atoms with Crippen molar-refractivity contribution in [2.45, 2.75) is 31.8 Å². The van der Waals surface area contributed by atoms with Crippen molar-refractivity contribution in [3.05, 3.63) is 42.0 Å². The minimum Gasteiger partial charge on any atom is -0.463 e. The lowest BCUT2D eigenvalue weighted by Crippen LogP contribution is -2.66. The molecule has 4 rings (SSSR count). The molecule has 0 N–H and O–H groups in total. The van der Waals surface area contributed by atoms with Gasteiger partial charge in [-0.15, -0.1) is 0 Å². The van der Waals surface area contributed by atoms with E-state index in [9.17, 15) is 4.79 Å². The van der Waals surface area contributed by atoms with Crippen LogP contribution in [0.3, 0.4) is 0 Å². The third-order valence-corrected chi connectivity index (χ3v) is 5.53. The number of carbonyl (C=O) groups excluding carboxylic acids is 1. The second-order valence-corrected chi connectivity index (χ2v) is 7.67. The van der Waals surface area contributed by atoms with E-state index < -0.39 is 0 Å². The number of likely N-dealkylation sites (tertiary alicyclic amines) is 1. The average Bonchev–Trinajstić information content (AvgIpc) is 3.05. The number of hydrogen-bond acceptors (Lipinski definition) is 5. The van der Waals surface area contributed by atoms with Gasteiger partial charge in [-0.25, -0.2) is 9.97 Å². The number of aryl methyl sites for hydroxylation is 2. The Labute approximate surface area is 159 Å². The molecule has 1 unspecified atom stereocenters. The second kappa shape index (κ2) is 7.31. The highest BCUT2D eigenvalue weighted by molar-refractivity contribution is 5.93. The summed E-state index contributed by atoms with van der Waals surface area (Å²) in [7, 11) is 1.90. The van der Waals surface area contributed by atoms with Gasteiger partial charge in [-0.1, -0.05) is 0 Å². The molecule has 2 aliphatic rings. The molecule has 7 heteroatoms. The van der Waals surface area contributed by atoms with Crippen molar-refractivity contribution in [1.29, 1.82) is 0 Å². The van der Waals surface area contributed by atoms with Crippen molar-refractivity contribution in [3.8, 4) is 6.01 Å². The lowest BCUT2D eigenvalue weighted by molar-refractivity contribution is -0.167. The maximum Gasteiger partial charge on any atom is 0.316 e. The molecule has 0 radical (unpaired) electrons. The van der Waals surface area contributed by atoms with Gasteiger partial charge in [-0.05, 0) is 50.3 Å². The standard InChI is InChI=1S/C20H26N4O3/c1-15-5-8-21-19(22-15)26-10-6-16-7-11-27-20(12-16)13-24(14-20)18(25)17-4-3-9-23(17)2/h3-5,8-9,16H,6-7,10-14H2,1-2H3. The lowest BCUT2D eigenvalue weighted by atomic mass is 9.79. The van der Waals surface area contributed by atoms with Gasteiger partial charge in [0.1, 0.15) is 11.3 Å². The fraction of sp³-hybridized carbons (Fsp3) is 0.550. The summed E-state index contributed by atoms with van der Waals surface area (Å²) in [6, 6.07) is 6.06. The van der Waals surface area contributed by atoms with Gasteiger partial charge in [0, 0.05) is 31.7 Å². The Morgan fingerprint density at radius 2 is 2.26 bits per heavy atom. The normalized spacial score (nSPS) is 21.1. The number of hydrogen-bond donors (Lipinski definition) is 0. The van der Waals surface area contributed by atoms with Crippen molar-refractivity contribution in [2.24, 2.45) is 13.0 Å². The van der Waals surface area contributed by atoms with E-state index >= 15 is 0 Å². The van der Waals surface area contributed by atoms with Crippen LogP contribution in [-0.4, -0.2) is 57.2 Å². The van der Waals surface area contributed by atoms with E-state index in [-0.39, 0.29) is 11.5 Å². The monoisotopic (exact) mass is 370 g/mol. The van der Waals surface area contributed by atoms with Crippen molar-refractivity contribution >= 4 is 5.91 Å². The van der Waals surface area contributed by atoms with E-state index in [2.05, 4.69) is 9.97 Å². The Balaban J connectivity index is 1.26. The molecule has 27 heavy (non-hydrogen) atoms. The topological polar surface area (TPSA) is 69.5 Å². The smallest absolute Gasteiger partial charge is 0.316 e. The first-order valence-electron chi connectivity index (χ1n) is 9.52. The van der Waals surface area contributed by atoms with Crippen LogP contribution < -0.4 is 4.74 Å². The van der Waals surface area contributed by atoms with Crippen LogP contribution in [0, 0.1) is 12.8 Å². The molecule has 2 aromatic heterocycles. The second-order valence-electron chi connectivity index (χ2n) is 7.67. The van der Waals surface area contributed by atoms with Crippen LogP contribution in [0.15, 0.2) is 30.6 Å². The number of aromatic nitrogens is 3. The predicted molar refractivity (Wildman–Crippen MR) is 99.6 cm³/mol. The van der Waals surface area contributed by atoms with Crippen LogP contribution in [0.2, 0.25) is 0 Å². The van der Waals surface area contributed by atoms with Crippen molar-refractivity contribution < 1.29 is 14.3 Å². The molecule has 1 spiro atoms. The van der Waals surface area contributed by atoms with Gasteiger partial charge in [0.05, 0.1) is 19.7 Å². The summed E-state index contributed by atoms with van der Waals surface area (Å²) in [5.74, 6) is 0.620. The summed E-state index contributed by atoms with van der Waals surface area (Å²) in [6.07, 6.45) is 6.57. The fourth-order valence-corrected chi connectivity index (χ4v) is 4.05. The molecule has 1 atom stereocenters. The van der Waals surface area contributed by atoms with Crippen molar-refractivity contribution in [1.82, 2.24) is 19.4 Å². The Kier molecular flexibility index (Phi) is 4.86. The predicted octanol–water partition coefficient (Wildman–Crippen LogP) is 2.21. The van der Waals surface area contributed by atoms with Crippen LogP contribution in [0.4, 0.5) is 0 Å². The zero-order valence-corrected chi connectivity index (χ0v) is 15.9. The lowest BCUT2D eigenvalue weighted by Gasteiger charge is -2.53. The fourth-order valence-electron chi connectivity index (χ4n) is 4.05. The molecule has 2 fully saturated rings. The van der Waals surface area contributed by atoms with Crippen molar-refractivity contribution in [3.63, 3.8) is 0 Å². The molecule has 0 aliphatic carbocycles. The molecule has 2 saturated heterocycles. The van der Waals surface area contributed by atoms with Gasteiger partial charge in [0.15, 0.2) is 0 Å². The van der Waals surface area contributed by atoms with Gasteiger partial charge in [0.25, 0.3) is 5.91 Å². The highest BCUT2D eigenvalue weighted by Crippen LogP contribution is 2.38. The molecule has 0 saturated carbocycles. The largest absolute Gasteiger partial charge is 0.463 e. The molecule has 0 bridgehead atoms. The maximum absolute atomic E-state index is 12.6. The van der Waals surface area contributed by atoms with E-state index in [0.717, 1.165) is 37.3 Å². The van der Waals surface area contributed by atoms with Gasteiger partial charge < -0.3 is 18.9 Å². The molecule has 1 amide bonds. The van der Waals surface area contributed by atoms with Crippen molar-refractivity contribution in [2.75, 3.05) is 26.3 Å². The molecule has 2 aromatic rings. The van der Waals surface area contributed by atoms with Gasteiger partial charge in [0.2, 0.25) is 0 Å². The molecule has 2 aliphatic heterocycles. The van der Waals surface area contributed by atoms with Crippen LogP contribution in [0.5, 0.6) is 6.01 Å². The number of carbonyl (C=O) groups is 1. The van der Waals surface area contributed by atoms with Crippen LogP contribution >= 0.6 is 0 Å². The number of ether oxygens (including phenoxy) is 2. The first kappa shape index (κ1) is 18.0. The van der Waals surface area contributed by atoms with E-state index in [1.165, 1.54) is 0 Å². The van der Waals surface area contributed by atoms with Crippen LogP contribution in [-0.2, 0) is 11.8 Å². The minimum absolute atomic E-state index is 0.0822. The molecule has 144 valence electrons. The van der Waals surface area contributed by atoms with E-state index in [1.807, 2.05) is 47.8 Å². The molecule has 7 nitrogen and oxygen atoms in total. The number of rotatable bonds is 5. The first-order chi connectivity index (χ1) is 13.0. The number of amides is 1. The Morgan fingerprint density at radius 1 is 1.41 bits per heavy atom. The Morgan fingerprint density at radius 3 is 3.00 bits per heavy atom. The Hall–Kier alpha value is -2.41. The zero-order valence-electron chi connectivity index (χ0n) is 15.9. The maximum atomic E-state index is 12.6. The SMILES string of the molecule is Cc1ccnc(OCCC2CCOC3(C2)CN(C(=O)c2cccn2C)C3)n1. The quantitative estimate of drug-likeness (QED) is 0.807. The minimum atomic E-state index is -0.177. The van der Waals surface area contributed by atoms with Crippen LogP contribution in [0.25, 0.3) is 0 Å². The highest BCUT2D eigenvalue weighted by atomic mass is 16.5. The van der Waals surface area contributed by atoms with Crippen LogP contribution in [0.1, 0.15) is 35.4 Å². The zero-order chi connectivity index (χ0) is 18.9. The van der Waals surface area contributed by atoms with Gasteiger partial charge in [-0.2, -0.15) is 0 Å². The Bertz CT molecular complexity index is 813. The summed E-state index contributed by atoms with van der Waals surface area (Å²) >= 11 is 0. The molecular weight excluding hydrogens is 344 g/mol.